The van der Waals surface area contributed by atoms with Gasteiger partial charge in [-0.05, 0) is 50.1 Å². The second-order valence-electron chi connectivity index (χ2n) is 6.12. The molecule has 6 heteroatoms. The molecule has 0 N–H and O–H groups in total. The first-order chi connectivity index (χ1) is 12.6. The zero-order valence-corrected chi connectivity index (χ0v) is 16.8. The summed E-state index contributed by atoms with van der Waals surface area (Å²) < 4.78 is 7.97. The number of aryl methyl sites for hydroxylation is 2. The molecule has 1 aromatic heterocycles. The van der Waals surface area contributed by atoms with E-state index in [4.69, 9.17) is 16.3 Å². The van der Waals surface area contributed by atoms with E-state index in [1.807, 2.05) is 25.1 Å². The lowest BCUT2D eigenvalue weighted by Gasteiger charge is -2.10. The highest BCUT2D eigenvalue weighted by Crippen LogP contribution is 2.24. The zero-order valence-electron chi connectivity index (χ0n) is 15.2. The maximum Gasteiger partial charge on any atom is 0.191 e. The summed E-state index contributed by atoms with van der Waals surface area (Å²) in [5, 5.41) is 10.3. The second-order valence-corrected chi connectivity index (χ2v) is 7.47. The summed E-state index contributed by atoms with van der Waals surface area (Å²) >= 11 is 7.76. The Bertz CT molecular complexity index is 895. The van der Waals surface area contributed by atoms with Gasteiger partial charge in [0.05, 0.1) is 0 Å². The third kappa shape index (κ3) is 4.59. The topological polar surface area (TPSA) is 39.9 Å². The molecule has 4 nitrogen and oxygen atoms in total. The standard InChI is InChI=1S/C20H22ClN3OS/c1-4-24-19(12-25-17-8-9-18(21)15(3)11-17)22-23-20(24)26-13-16-7-5-6-14(2)10-16/h5-11H,4,12-13H2,1-3H3. The molecule has 0 aliphatic carbocycles. The van der Waals surface area contributed by atoms with Crippen LogP contribution in [0.2, 0.25) is 5.02 Å². The number of hydrogen-bond donors (Lipinski definition) is 0. The van der Waals surface area contributed by atoms with Crippen LogP contribution in [0.5, 0.6) is 5.75 Å². The van der Waals surface area contributed by atoms with E-state index in [1.54, 1.807) is 11.8 Å². The molecule has 0 fully saturated rings. The normalized spacial score (nSPS) is 10.9. The molecule has 0 spiro atoms. The van der Waals surface area contributed by atoms with E-state index in [1.165, 1.54) is 11.1 Å². The summed E-state index contributed by atoms with van der Waals surface area (Å²) in [5.41, 5.74) is 3.55. The molecule has 0 bridgehead atoms. The van der Waals surface area contributed by atoms with Crippen molar-refractivity contribution in [2.75, 3.05) is 0 Å². The van der Waals surface area contributed by atoms with Crippen LogP contribution >= 0.6 is 23.4 Å². The number of nitrogens with zero attached hydrogens (tertiary/aromatic N) is 3. The molecule has 0 aliphatic heterocycles. The van der Waals surface area contributed by atoms with Crippen LogP contribution in [0.15, 0.2) is 47.6 Å². The largest absolute Gasteiger partial charge is 0.486 e. The average molecular weight is 388 g/mol. The monoisotopic (exact) mass is 387 g/mol. The van der Waals surface area contributed by atoms with Gasteiger partial charge in [-0.2, -0.15) is 0 Å². The lowest BCUT2D eigenvalue weighted by molar-refractivity contribution is 0.288. The molecule has 0 aliphatic rings. The Morgan fingerprint density at radius 1 is 1.12 bits per heavy atom. The minimum absolute atomic E-state index is 0.382. The summed E-state index contributed by atoms with van der Waals surface area (Å²) in [6, 6.07) is 14.2. The van der Waals surface area contributed by atoms with Crippen molar-refractivity contribution in [1.29, 1.82) is 0 Å². The Balaban J connectivity index is 1.66. The molecule has 26 heavy (non-hydrogen) atoms. The predicted molar refractivity (Wildman–Crippen MR) is 107 cm³/mol. The predicted octanol–water partition coefficient (Wildman–Crippen LogP) is 5.44. The van der Waals surface area contributed by atoms with E-state index in [-0.39, 0.29) is 0 Å². The molecule has 0 radical (unpaired) electrons. The lowest BCUT2D eigenvalue weighted by Crippen LogP contribution is -2.07. The van der Waals surface area contributed by atoms with E-state index >= 15 is 0 Å². The Morgan fingerprint density at radius 3 is 2.69 bits per heavy atom. The first kappa shape index (κ1) is 18.8. The highest BCUT2D eigenvalue weighted by Gasteiger charge is 2.12. The molecule has 3 rings (SSSR count). The molecule has 2 aromatic carbocycles. The molecule has 3 aromatic rings. The van der Waals surface area contributed by atoms with Crippen molar-refractivity contribution in [3.05, 3.63) is 70.0 Å². The van der Waals surface area contributed by atoms with Crippen molar-refractivity contribution in [1.82, 2.24) is 14.8 Å². The van der Waals surface area contributed by atoms with Crippen molar-refractivity contribution >= 4 is 23.4 Å². The summed E-state index contributed by atoms with van der Waals surface area (Å²) in [7, 11) is 0. The molecule has 136 valence electrons. The zero-order chi connectivity index (χ0) is 18.5. The smallest absolute Gasteiger partial charge is 0.191 e. The minimum Gasteiger partial charge on any atom is -0.486 e. The highest BCUT2D eigenvalue weighted by molar-refractivity contribution is 7.98. The summed E-state index contributed by atoms with van der Waals surface area (Å²) in [6.07, 6.45) is 0. The van der Waals surface area contributed by atoms with Gasteiger partial charge in [-0.3, -0.25) is 0 Å². The van der Waals surface area contributed by atoms with Gasteiger partial charge in [0.1, 0.15) is 12.4 Å². The minimum atomic E-state index is 0.382. The Hall–Kier alpha value is -1.98. The van der Waals surface area contributed by atoms with Gasteiger partial charge in [0.2, 0.25) is 0 Å². The van der Waals surface area contributed by atoms with Gasteiger partial charge < -0.3 is 9.30 Å². The van der Waals surface area contributed by atoms with Gasteiger partial charge in [-0.25, -0.2) is 0 Å². The molecular formula is C20H22ClN3OS. The van der Waals surface area contributed by atoms with Crippen LogP contribution in [-0.4, -0.2) is 14.8 Å². The molecule has 0 saturated carbocycles. The Morgan fingerprint density at radius 2 is 1.96 bits per heavy atom. The fraction of sp³-hybridized carbons (Fsp3) is 0.300. The van der Waals surface area contributed by atoms with Crippen LogP contribution in [0.25, 0.3) is 0 Å². The van der Waals surface area contributed by atoms with Gasteiger partial charge in [0.15, 0.2) is 11.0 Å². The summed E-state index contributed by atoms with van der Waals surface area (Å²) in [6.45, 7) is 7.35. The molecule has 0 saturated heterocycles. The van der Waals surface area contributed by atoms with E-state index < -0.39 is 0 Å². The van der Waals surface area contributed by atoms with Crippen molar-refractivity contribution in [2.45, 2.75) is 44.8 Å². The first-order valence-corrected chi connectivity index (χ1v) is 9.92. The average Bonchev–Trinajstić information content (AvgIpc) is 3.03. The van der Waals surface area contributed by atoms with Crippen molar-refractivity contribution in [3.8, 4) is 5.75 Å². The van der Waals surface area contributed by atoms with Crippen molar-refractivity contribution in [3.63, 3.8) is 0 Å². The Kier molecular flexibility index (Phi) is 6.22. The third-order valence-corrected chi connectivity index (χ3v) is 5.52. The molecule has 1 heterocycles. The van der Waals surface area contributed by atoms with E-state index in [9.17, 15) is 0 Å². The first-order valence-electron chi connectivity index (χ1n) is 8.56. The third-order valence-electron chi connectivity index (χ3n) is 4.06. The van der Waals surface area contributed by atoms with Gasteiger partial charge in [-0.1, -0.05) is 53.2 Å². The van der Waals surface area contributed by atoms with E-state index in [2.05, 4.69) is 52.9 Å². The number of ether oxygens (including phenoxy) is 1. The van der Waals surface area contributed by atoms with Gasteiger partial charge >= 0.3 is 0 Å². The van der Waals surface area contributed by atoms with Crippen LogP contribution in [0, 0.1) is 13.8 Å². The fourth-order valence-corrected chi connectivity index (χ4v) is 3.74. The second kappa shape index (κ2) is 8.60. The quantitative estimate of drug-likeness (QED) is 0.506. The highest BCUT2D eigenvalue weighted by atomic mass is 35.5. The van der Waals surface area contributed by atoms with Crippen molar-refractivity contribution in [2.24, 2.45) is 0 Å². The van der Waals surface area contributed by atoms with Gasteiger partial charge in [0, 0.05) is 17.3 Å². The summed E-state index contributed by atoms with van der Waals surface area (Å²) in [4.78, 5) is 0. The van der Waals surface area contributed by atoms with E-state index in [0.717, 1.165) is 39.6 Å². The molecular weight excluding hydrogens is 366 g/mol. The molecule has 0 unspecified atom stereocenters. The number of halogens is 1. The Labute approximate surface area is 163 Å². The number of aromatic nitrogens is 3. The molecule has 0 atom stereocenters. The number of hydrogen-bond acceptors (Lipinski definition) is 4. The van der Waals surface area contributed by atoms with Gasteiger partial charge in [-0.15, -0.1) is 10.2 Å². The molecule has 0 amide bonds. The fourth-order valence-electron chi connectivity index (χ4n) is 2.65. The van der Waals surface area contributed by atoms with Crippen LogP contribution in [0.3, 0.4) is 0 Å². The maximum absolute atomic E-state index is 6.06. The van der Waals surface area contributed by atoms with Crippen LogP contribution in [0.1, 0.15) is 29.4 Å². The lowest BCUT2D eigenvalue weighted by atomic mass is 10.2. The van der Waals surface area contributed by atoms with Gasteiger partial charge in [0.25, 0.3) is 0 Å². The van der Waals surface area contributed by atoms with Crippen LogP contribution in [-0.2, 0) is 18.9 Å². The van der Waals surface area contributed by atoms with E-state index in [0.29, 0.717) is 6.61 Å². The van der Waals surface area contributed by atoms with Crippen LogP contribution < -0.4 is 4.74 Å². The SMILES string of the molecule is CCn1c(COc2ccc(Cl)c(C)c2)nnc1SCc1cccc(C)c1. The summed E-state index contributed by atoms with van der Waals surface area (Å²) in [5.74, 6) is 2.48. The van der Waals surface area contributed by atoms with Crippen molar-refractivity contribution < 1.29 is 4.74 Å². The number of benzene rings is 2. The van der Waals surface area contributed by atoms with Crippen LogP contribution in [0.4, 0.5) is 0 Å². The number of thioether (sulfide) groups is 1. The number of rotatable bonds is 7. The maximum atomic E-state index is 6.06.